The number of nitrogens with zero attached hydrogens (tertiary/aromatic N) is 1. The molecule has 1 amide bonds. The normalized spacial score (nSPS) is 30.0. The minimum absolute atomic E-state index is 0. The van der Waals surface area contributed by atoms with Gasteiger partial charge in [-0.3, -0.25) is 9.69 Å². The summed E-state index contributed by atoms with van der Waals surface area (Å²) in [5.74, 6) is 2.90. The number of hydrogen-bond donors (Lipinski definition) is 2. The summed E-state index contributed by atoms with van der Waals surface area (Å²) in [6, 6.07) is 0.226. The molecule has 1 aliphatic heterocycles. The summed E-state index contributed by atoms with van der Waals surface area (Å²) in [4.78, 5) is 15.2. The lowest BCUT2D eigenvalue weighted by Crippen LogP contribution is -2.57. The third-order valence-corrected chi connectivity index (χ3v) is 6.84. The van der Waals surface area contributed by atoms with Crippen LogP contribution in [-0.4, -0.2) is 53.5 Å². The fraction of sp³-hybridized carbons (Fsp3) is 0.941. The van der Waals surface area contributed by atoms with Crippen LogP contribution in [0, 0.1) is 5.92 Å². The van der Waals surface area contributed by atoms with Crippen LogP contribution in [-0.2, 0) is 4.79 Å². The van der Waals surface area contributed by atoms with Crippen molar-refractivity contribution in [2.75, 3.05) is 31.1 Å². The SMILES string of the molecule is Cl.Cl.NC1CCCC(C(=O)NCC2(N3CCSCC3)CCCC2)C1. The Hall–Kier alpha value is 0.320. The van der Waals surface area contributed by atoms with Gasteiger partial charge in [-0.1, -0.05) is 19.3 Å². The lowest BCUT2D eigenvalue weighted by molar-refractivity contribution is -0.126. The van der Waals surface area contributed by atoms with E-state index in [1.807, 2.05) is 0 Å². The molecule has 142 valence electrons. The van der Waals surface area contributed by atoms with Gasteiger partial charge in [0, 0.05) is 48.6 Å². The number of amides is 1. The van der Waals surface area contributed by atoms with Gasteiger partial charge < -0.3 is 11.1 Å². The van der Waals surface area contributed by atoms with Crippen LogP contribution in [0.2, 0.25) is 0 Å². The smallest absolute Gasteiger partial charge is 0.223 e. The maximum atomic E-state index is 12.5. The fourth-order valence-electron chi connectivity index (χ4n) is 4.54. The van der Waals surface area contributed by atoms with Crippen molar-refractivity contribution in [3.63, 3.8) is 0 Å². The van der Waals surface area contributed by atoms with Crippen LogP contribution in [0.25, 0.3) is 0 Å². The minimum atomic E-state index is 0. The molecule has 0 spiro atoms. The molecule has 1 heterocycles. The van der Waals surface area contributed by atoms with E-state index in [0.717, 1.165) is 32.2 Å². The molecule has 0 aromatic heterocycles. The quantitative estimate of drug-likeness (QED) is 0.765. The van der Waals surface area contributed by atoms with Crippen LogP contribution >= 0.6 is 36.6 Å². The minimum Gasteiger partial charge on any atom is -0.354 e. The van der Waals surface area contributed by atoms with Gasteiger partial charge in [-0.15, -0.1) is 24.8 Å². The Balaban J connectivity index is 0.00000144. The average molecular weight is 398 g/mol. The molecule has 3 rings (SSSR count). The summed E-state index contributed by atoms with van der Waals surface area (Å²) >= 11 is 2.06. The zero-order chi connectivity index (χ0) is 15.4. The van der Waals surface area contributed by atoms with Crippen molar-refractivity contribution in [2.45, 2.75) is 62.9 Å². The molecular formula is C17H33Cl2N3OS. The van der Waals surface area contributed by atoms with Gasteiger partial charge in [0.05, 0.1) is 0 Å². The van der Waals surface area contributed by atoms with Gasteiger partial charge in [-0.25, -0.2) is 0 Å². The van der Waals surface area contributed by atoms with Crippen molar-refractivity contribution < 1.29 is 4.79 Å². The molecular weight excluding hydrogens is 365 g/mol. The second-order valence-electron chi connectivity index (χ2n) is 7.37. The standard InChI is InChI=1S/C17H31N3OS.2ClH/c18-15-5-3-4-14(12-15)16(21)19-13-17(6-1-2-7-17)20-8-10-22-11-9-20;;/h14-15H,1-13,18H2,(H,19,21);2*1H. The van der Waals surface area contributed by atoms with E-state index < -0.39 is 0 Å². The van der Waals surface area contributed by atoms with Crippen molar-refractivity contribution in [3.05, 3.63) is 0 Å². The Morgan fingerprint density at radius 1 is 1.12 bits per heavy atom. The summed E-state index contributed by atoms with van der Waals surface area (Å²) in [5.41, 5.74) is 6.28. The van der Waals surface area contributed by atoms with Gasteiger partial charge in [0.2, 0.25) is 5.91 Å². The van der Waals surface area contributed by atoms with E-state index in [-0.39, 0.29) is 48.2 Å². The molecule has 3 aliphatic rings. The summed E-state index contributed by atoms with van der Waals surface area (Å²) in [7, 11) is 0. The number of carbonyl (C=O) groups is 1. The highest BCUT2D eigenvalue weighted by molar-refractivity contribution is 7.99. The van der Waals surface area contributed by atoms with Crippen LogP contribution in [0.1, 0.15) is 51.4 Å². The van der Waals surface area contributed by atoms with E-state index in [0.29, 0.717) is 0 Å². The lowest BCUT2D eigenvalue weighted by atomic mass is 9.85. The predicted octanol–water partition coefficient (Wildman–Crippen LogP) is 2.83. The predicted molar refractivity (Wildman–Crippen MR) is 108 cm³/mol. The number of thioether (sulfide) groups is 1. The largest absolute Gasteiger partial charge is 0.354 e. The van der Waals surface area contributed by atoms with Gasteiger partial charge in [0.15, 0.2) is 0 Å². The number of halogens is 2. The van der Waals surface area contributed by atoms with Crippen LogP contribution in [0.5, 0.6) is 0 Å². The van der Waals surface area contributed by atoms with Crippen molar-refractivity contribution in [1.82, 2.24) is 10.2 Å². The molecule has 2 aliphatic carbocycles. The number of hydrogen-bond acceptors (Lipinski definition) is 4. The molecule has 24 heavy (non-hydrogen) atoms. The van der Waals surface area contributed by atoms with Gasteiger partial charge in [-0.05, 0) is 32.1 Å². The molecule has 7 heteroatoms. The Morgan fingerprint density at radius 2 is 1.79 bits per heavy atom. The van der Waals surface area contributed by atoms with Gasteiger partial charge in [0.1, 0.15) is 0 Å². The third-order valence-electron chi connectivity index (χ3n) is 5.89. The Bertz CT molecular complexity index is 388. The maximum Gasteiger partial charge on any atom is 0.223 e. The van der Waals surface area contributed by atoms with Crippen molar-refractivity contribution in [1.29, 1.82) is 0 Å². The molecule has 2 atom stereocenters. The highest BCUT2D eigenvalue weighted by Crippen LogP contribution is 2.36. The molecule has 0 radical (unpaired) electrons. The van der Waals surface area contributed by atoms with E-state index in [4.69, 9.17) is 5.73 Å². The first-order valence-corrected chi connectivity index (χ1v) is 10.2. The Morgan fingerprint density at radius 3 is 2.42 bits per heavy atom. The number of rotatable bonds is 4. The first-order valence-electron chi connectivity index (χ1n) is 9.06. The zero-order valence-corrected chi connectivity index (χ0v) is 17.0. The molecule has 4 nitrogen and oxygen atoms in total. The zero-order valence-electron chi connectivity index (χ0n) is 14.5. The summed E-state index contributed by atoms with van der Waals surface area (Å²) in [6.45, 7) is 3.23. The van der Waals surface area contributed by atoms with Gasteiger partial charge in [-0.2, -0.15) is 11.8 Å². The molecule has 3 fully saturated rings. The lowest BCUT2D eigenvalue weighted by Gasteiger charge is -2.43. The Kier molecular flexibility index (Phi) is 9.75. The van der Waals surface area contributed by atoms with Crippen molar-refractivity contribution in [2.24, 2.45) is 11.7 Å². The van der Waals surface area contributed by atoms with E-state index in [1.165, 1.54) is 50.3 Å². The average Bonchev–Trinajstić information content (AvgIpc) is 3.04. The molecule has 1 saturated heterocycles. The van der Waals surface area contributed by atoms with E-state index in [2.05, 4.69) is 22.0 Å². The Labute approximate surface area is 163 Å². The van der Waals surface area contributed by atoms with Crippen LogP contribution in [0.15, 0.2) is 0 Å². The van der Waals surface area contributed by atoms with Crippen LogP contribution < -0.4 is 11.1 Å². The van der Waals surface area contributed by atoms with Crippen LogP contribution in [0.4, 0.5) is 0 Å². The van der Waals surface area contributed by atoms with Crippen molar-refractivity contribution >= 4 is 42.5 Å². The summed E-state index contributed by atoms with van der Waals surface area (Å²) in [6.07, 6.45) is 9.21. The third kappa shape index (κ3) is 5.41. The summed E-state index contributed by atoms with van der Waals surface area (Å²) in [5, 5.41) is 3.31. The second-order valence-corrected chi connectivity index (χ2v) is 8.60. The van der Waals surface area contributed by atoms with Crippen molar-refractivity contribution in [3.8, 4) is 0 Å². The molecule has 2 unspecified atom stereocenters. The maximum absolute atomic E-state index is 12.5. The highest BCUT2D eigenvalue weighted by atomic mass is 35.5. The van der Waals surface area contributed by atoms with Crippen LogP contribution in [0.3, 0.4) is 0 Å². The fourth-order valence-corrected chi connectivity index (χ4v) is 5.44. The monoisotopic (exact) mass is 397 g/mol. The first kappa shape index (κ1) is 22.4. The molecule has 0 bridgehead atoms. The molecule has 0 aromatic carbocycles. The molecule has 0 aromatic rings. The van der Waals surface area contributed by atoms with E-state index in [1.54, 1.807) is 0 Å². The van der Waals surface area contributed by atoms with Gasteiger partial charge in [0.25, 0.3) is 0 Å². The molecule has 3 N–H and O–H groups in total. The highest BCUT2D eigenvalue weighted by Gasteiger charge is 2.40. The van der Waals surface area contributed by atoms with E-state index in [9.17, 15) is 4.79 Å². The van der Waals surface area contributed by atoms with E-state index >= 15 is 0 Å². The summed E-state index contributed by atoms with van der Waals surface area (Å²) < 4.78 is 0. The first-order chi connectivity index (χ1) is 10.7. The molecule has 2 saturated carbocycles. The second kappa shape index (κ2) is 10.5. The topological polar surface area (TPSA) is 58.4 Å². The number of carbonyl (C=O) groups excluding carboxylic acids is 1. The van der Waals surface area contributed by atoms with Gasteiger partial charge >= 0.3 is 0 Å². The number of nitrogens with one attached hydrogen (secondary N) is 1. The number of nitrogens with two attached hydrogens (primary N) is 1.